The van der Waals surface area contributed by atoms with Gasteiger partial charge in [0.1, 0.15) is 23.2 Å². The van der Waals surface area contributed by atoms with Crippen LogP contribution in [0.25, 0.3) is 0 Å². The summed E-state index contributed by atoms with van der Waals surface area (Å²) >= 11 is 0. The Morgan fingerprint density at radius 1 is 0.897 bits per heavy atom. The molecule has 0 spiro atoms. The maximum Gasteiger partial charge on any atom is 0.323 e. The number of ether oxygens (including phenoxy) is 1. The normalized spacial score (nSPS) is 10.2. The summed E-state index contributed by atoms with van der Waals surface area (Å²) < 4.78 is 5.10. The van der Waals surface area contributed by atoms with Gasteiger partial charge in [0.15, 0.2) is 0 Å². The molecule has 3 aromatic rings. The van der Waals surface area contributed by atoms with Gasteiger partial charge in [0.25, 0.3) is 0 Å². The second kappa shape index (κ2) is 9.41. The van der Waals surface area contributed by atoms with Crippen LogP contribution in [-0.4, -0.2) is 29.7 Å². The van der Waals surface area contributed by atoms with E-state index in [0.717, 1.165) is 23.8 Å². The number of anilines is 5. The molecule has 0 atom stereocenters. The summed E-state index contributed by atoms with van der Waals surface area (Å²) in [6.07, 6.45) is 0. The van der Waals surface area contributed by atoms with Crippen LogP contribution in [0.4, 0.5) is 33.5 Å². The Bertz CT molecular complexity index is 958. The number of urea groups is 1. The molecule has 0 aliphatic carbocycles. The van der Waals surface area contributed by atoms with Gasteiger partial charge in [-0.15, -0.1) is 0 Å². The molecular weight excluding hydrogens is 368 g/mol. The number of carbonyl (C=O) groups is 1. The molecule has 0 saturated heterocycles. The monoisotopic (exact) mass is 392 g/mol. The molecule has 1 heterocycles. The number of benzene rings is 2. The Labute approximate surface area is 169 Å². The predicted octanol–water partition coefficient (Wildman–Crippen LogP) is 4.61. The molecule has 8 nitrogen and oxygen atoms in total. The third kappa shape index (κ3) is 5.83. The SMILES string of the molecule is CCNc1cc(Nc2ccc(NC(=O)Nc3ccc(OC)cc3)cc2)nc(C)n1. The van der Waals surface area contributed by atoms with E-state index in [4.69, 9.17) is 4.74 Å². The van der Waals surface area contributed by atoms with Gasteiger partial charge >= 0.3 is 6.03 Å². The van der Waals surface area contributed by atoms with Gasteiger partial charge in [-0.1, -0.05) is 0 Å². The van der Waals surface area contributed by atoms with Gasteiger partial charge in [-0.2, -0.15) is 0 Å². The molecule has 29 heavy (non-hydrogen) atoms. The Morgan fingerprint density at radius 2 is 1.45 bits per heavy atom. The quantitative estimate of drug-likeness (QED) is 0.468. The molecule has 0 aliphatic rings. The average molecular weight is 392 g/mol. The van der Waals surface area contributed by atoms with Crippen molar-refractivity contribution in [2.24, 2.45) is 0 Å². The van der Waals surface area contributed by atoms with Crippen LogP contribution in [-0.2, 0) is 0 Å². The van der Waals surface area contributed by atoms with Gasteiger partial charge in [-0.05, 0) is 62.4 Å². The van der Waals surface area contributed by atoms with Crippen LogP contribution < -0.4 is 26.0 Å². The summed E-state index contributed by atoms with van der Waals surface area (Å²) in [5, 5.41) is 12.0. The number of hydrogen-bond acceptors (Lipinski definition) is 6. The van der Waals surface area contributed by atoms with Gasteiger partial charge in [0, 0.05) is 29.7 Å². The van der Waals surface area contributed by atoms with Crippen molar-refractivity contribution in [3.8, 4) is 5.75 Å². The number of hydrogen-bond donors (Lipinski definition) is 4. The second-order valence-corrected chi connectivity index (χ2v) is 6.23. The molecule has 2 amide bonds. The van der Waals surface area contributed by atoms with Crippen molar-refractivity contribution in [2.45, 2.75) is 13.8 Å². The Kier molecular flexibility index (Phi) is 6.47. The lowest BCUT2D eigenvalue weighted by Crippen LogP contribution is -2.19. The number of rotatable bonds is 7. The number of methoxy groups -OCH3 is 1. The summed E-state index contributed by atoms with van der Waals surface area (Å²) in [4.78, 5) is 20.9. The van der Waals surface area contributed by atoms with E-state index in [-0.39, 0.29) is 6.03 Å². The number of nitrogens with one attached hydrogen (secondary N) is 4. The molecule has 1 aromatic heterocycles. The molecule has 0 unspecified atom stereocenters. The van der Waals surface area contributed by atoms with Crippen molar-refractivity contribution >= 4 is 34.7 Å². The molecule has 4 N–H and O–H groups in total. The van der Waals surface area contributed by atoms with Crippen LogP contribution >= 0.6 is 0 Å². The van der Waals surface area contributed by atoms with E-state index in [0.29, 0.717) is 23.0 Å². The molecule has 3 rings (SSSR count). The zero-order valence-corrected chi connectivity index (χ0v) is 16.6. The smallest absolute Gasteiger partial charge is 0.323 e. The number of aromatic nitrogens is 2. The molecule has 0 saturated carbocycles. The van der Waals surface area contributed by atoms with Crippen LogP contribution in [0.15, 0.2) is 54.6 Å². The lowest BCUT2D eigenvalue weighted by atomic mass is 10.2. The minimum absolute atomic E-state index is 0.322. The van der Waals surface area contributed by atoms with E-state index >= 15 is 0 Å². The van der Waals surface area contributed by atoms with E-state index in [1.54, 1.807) is 31.4 Å². The van der Waals surface area contributed by atoms with E-state index in [9.17, 15) is 4.79 Å². The molecule has 0 fully saturated rings. The van der Waals surface area contributed by atoms with Crippen molar-refractivity contribution in [2.75, 3.05) is 34.9 Å². The van der Waals surface area contributed by atoms with Gasteiger partial charge in [0.05, 0.1) is 7.11 Å². The van der Waals surface area contributed by atoms with Gasteiger partial charge in [-0.25, -0.2) is 14.8 Å². The van der Waals surface area contributed by atoms with E-state index in [2.05, 4.69) is 31.2 Å². The van der Waals surface area contributed by atoms with Crippen molar-refractivity contribution in [1.29, 1.82) is 0 Å². The Hall–Kier alpha value is -3.81. The van der Waals surface area contributed by atoms with E-state index in [1.165, 1.54) is 0 Å². The van der Waals surface area contributed by atoms with Crippen molar-refractivity contribution < 1.29 is 9.53 Å². The van der Waals surface area contributed by atoms with Crippen molar-refractivity contribution in [3.63, 3.8) is 0 Å². The highest BCUT2D eigenvalue weighted by Crippen LogP contribution is 2.20. The summed E-state index contributed by atoms with van der Waals surface area (Å²) in [6, 6.07) is 16.0. The van der Waals surface area contributed by atoms with E-state index in [1.807, 2.05) is 44.2 Å². The Balaban J connectivity index is 1.59. The average Bonchev–Trinajstić information content (AvgIpc) is 2.70. The summed E-state index contributed by atoms with van der Waals surface area (Å²) in [5.74, 6) is 2.89. The molecule has 2 aromatic carbocycles. The number of nitrogens with zero attached hydrogens (tertiary/aromatic N) is 2. The second-order valence-electron chi connectivity index (χ2n) is 6.23. The van der Waals surface area contributed by atoms with Crippen LogP contribution in [0.3, 0.4) is 0 Å². The molecule has 8 heteroatoms. The number of aryl methyl sites for hydroxylation is 1. The largest absolute Gasteiger partial charge is 0.497 e. The first-order chi connectivity index (χ1) is 14.1. The van der Waals surface area contributed by atoms with Crippen molar-refractivity contribution in [3.05, 3.63) is 60.4 Å². The van der Waals surface area contributed by atoms with Crippen molar-refractivity contribution in [1.82, 2.24) is 9.97 Å². The zero-order chi connectivity index (χ0) is 20.6. The fourth-order valence-electron chi connectivity index (χ4n) is 2.66. The third-order valence-electron chi connectivity index (χ3n) is 3.96. The highest BCUT2D eigenvalue weighted by Gasteiger charge is 2.05. The fraction of sp³-hybridized carbons (Fsp3) is 0.190. The summed E-state index contributed by atoms with van der Waals surface area (Å²) in [7, 11) is 1.60. The maximum atomic E-state index is 12.2. The number of amides is 2. The molecule has 0 radical (unpaired) electrons. The van der Waals surface area contributed by atoms with Crippen LogP contribution in [0.2, 0.25) is 0 Å². The molecular formula is C21H24N6O2. The van der Waals surface area contributed by atoms with Gasteiger partial charge in [0.2, 0.25) is 0 Å². The first-order valence-corrected chi connectivity index (χ1v) is 9.24. The maximum absolute atomic E-state index is 12.2. The van der Waals surface area contributed by atoms with Crippen LogP contribution in [0.5, 0.6) is 5.75 Å². The third-order valence-corrected chi connectivity index (χ3v) is 3.96. The molecule has 0 aliphatic heterocycles. The zero-order valence-electron chi connectivity index (χ0n) is 16.6. The fourth-order valence-corrected chi connectivity index (χ4v) is 2.66. The minimum Gasteiger partial charge on any atom is -0.497 e. The highest BCUT2D eigenvalue weighted by molar-refractivity contribution is 5.99. The summed E-state index contributed by atoms with van der Waals surface area (Å²) in [6.45, 7) is 4.65. The first kappa shape index (κ1) is 19.9. The van der Waals surface area contributed by atoms with Crippen LogP contribution in [0, 0.1) is 6.92 Å². The molecule has 150 valence electrons. The van der Waals surface area contributed by atoms with Gasteiger partial charge < -0.3 is 26.0 Å². The lowest BCUT2D eigenvalue weighted by molar-refractivity contribution is 0.262. The summed E-state index contributed by atoms with van der Waals surface area (Å²) in [5.41, 5.74) is 2.21. The minimum atomic E-state index is -0.322. The predicted molar refractivity (Wildman–Crippen MR) is 116 cm³/mol. The number of carbonyl (C=O) groups excluding carboxylic acids is 1. The van der Waals surface area contributed by atoms with Gasteiger partial charge in [-0.3, -0.25) is 0 Å². The Morgan fingerprint density at radius 3 is 2.03 bits per heavy atom. The molecule has 0 bridgehead atoms. The standard InChI is InChI=1S/C21H24N6O2/c1-4-22-19-13-20(24-14(2)23-19)25-15-5-7-16(8-6-15)26-21(28)27-17-9-11-18(29-3)12-10-17/h5-13H,4H2,1-3H3,(H2,26,27,28)(H2,22,23,24,25). The first-order valence-electron chi connectivity index (χ1n) is 9.24. The van der Waals surface area contributed by atoms with Crippen LogP contribution in [0.1, 0.15) is 12.7 Å². The highest BCUT2D eigenvalue weighted by atomic mass is 16.5. The van der Waals surface area contributed by atoms with E-state index < -0.39 is 0 Å². The lowest BCUT2D eigenvalue weighted by Gasteiger charge is -2.11. The topological polar surface area (TPSA) is 100 Å².